The number of hydrogen-bond acceptors (Lipinski definition) is 9. The van der Waals surface area contributed by atoms with Crippen LogP contribution < -0.4 is 0 Å². The quantitative estimate of drug-likeness (QED) is 0.211. The van der Waals surface area contributed by atoms with Crippen molar-refractivity contribution in [3.63, 3.8) is 0 Å². The van der Waals surface area contributed by atoms with Crippen molar-refractivity contribution < 1.29 is 45.2 Å². The normalized spacial score (nSPS) is 54.4. The van der Waals surface area contributed by atoms with Gasteiger partial charge in [-0.05, 0) is 122 Å². The first-order chi connectivity index (χ1) is 20.3. The van der Waals surface area contributed by atoms with Gasteiger partial charge in [0.25, 0.3) is 0 Å². The minimum Gasteiger partial charge on any atom is -0.393 e. The maximum absolute atomic E-state index is 12.1. The second-order valence-corrected chi connectivity index (χ2v) is 17.9. The number of hydrogen-bond donors (Lipinski definition) is 7. The molecule has 5 saturated carbocycles. The van der Waals surface area contributed by atoms with Crippen LogP contribution in [0.15, 0.2) is 0 Å². The zero-order chi connectivity index (χ0) is 32.4. The maximum atomic E-state index is 12.1. The van der Waals surface area contributed by atoms with Crippen LogP contribution >= 0.6 is 0 Å². The second-order valence-electron chi connectivity index (χ2n) is 17.9. The highest BCUT2D eigenvalue weighted by molar-refractivity contribution is 5.32. The summed E-state index contributed by atoms with van der Waals surface area (Å²) >= 11 is 0. The third-order valence-electron chi connectivity index (χ3n) is 15.1. The molecular weight excluding hydrogens is 564 g/mol. The average Bonchev–Trinajstić information content (AvgIpc) is 3.51. The van der Waals surface area contributed by atoms with Crippen molar-refractivity contribution in [2.75, 3.05) is 6.61 Å². The van der Waals surface area contributed by atoms with E-state index in [1.807, 2.05) is 0 Å². The van der Waals surface area contributed by atoms with E-state index in [1.54, 1.807) is 13.8 Å². The van der Waals surface area contributed by atoms with Gasteiger partial charge in [-0.3, -0.25) is 0 Å². The van der Waals surface area contributed by atoms with E-state index in [9.17, 15) is 35.7 Å². The van der Waals surface area contributed by atoms with Gasteiger partial charge in [-0.1, -0.05) is 34.6 Å². The Morgan fingerprint density at radius 1 is 0.864 bits per heavy atom. The van der Waals surface area contributed by atoms with Crippen LogP contribution in [-0.2, 0) is 9.47 Å². The van der Waals surface area contributed by atoms with E-state index in [0.717, 1.165) is 44.9 Å². The van der Waals surface area contributed by atoms with Gasteiger partial charge in [0.15, 0.2) is 6.29 Å². The molecule has 44 heavy (non-hydrogen) atoms. The molecule has 7 N–H and O–H groups in total. The smallest absolute Gasteiger partial charge is 0.186 e. The summed E-state index contributed by atoms with van der Waals surface area (Å²) < 4.78 is 12.0. The van der Waals surface area contributed by atoms with Crippen LogP contribution in [0.3, 0.4) is 0 Å². The first-order valence-electron chi connectivity index (χ1n) is 17.3. The molecule has 6 rings (SSSR count). The lowest BCUT2D eigenvalue weighted by Gasteiger charge is -2.64. The molecule has 0 aromatic rings. The largest absolute Gasteiger partial charge is 0.393 e. The molecule has 0 radical (unpaired) electrons. The van der Waals surface area contributed by atoms with Crippen molar-refractivity contribution in [2.45, 2.75) is 161 Å². The molecular formula is C35H60O9. The molecule has 1 heterocycles. The zero-order valence-electron chi connectivity index (χ0n) is 27.9. The topological polar surface area (TPSA) is 160 Å². The number of aliphatic hydroxyl groups is 7. The number of fused-ring (bicyclic) bond motifs is 2. The van der Waals surface area contributed by atoms with Crippen LogP contribution in [0, 0.1) is 50.7 Å². The maximum Gasteiger partial charge on any atom is 0.186 e. The van der Waals surface area contributed by atoms with E-state index in [2.05, 4.69) is 34.6 Å². The Labute approximate surface area is 263 Å². The van der Waals surface area contributed by atoms with Gasteiger partial charge in [-0.25, -0.2) is 0 Å². The average molecular weight is 625 g/mol. The summed E-state index contributed by atoms with van der Waals surface area (Å²) in [7, 11) is 0. The van der Waals surface area contributed by atoms with Gasteiger partial charge < -0.3 is 45.2 Å². The van der Waals surface area contributed by atoms with Crippen molar-refractivity contribution in [2.24, 2.45) is 50.7 Å². The summed E-state index contributed by atoms with van der Waals surface area (Å²) in [6.07, 6.45) is 0.734. The summed E-state index contributed by atoms with van der Waals surface area (Å²) in [6.45, 7) is 14.5. The molecule has 254 valence electrons. The minimum absolute atomic E-state index is 0.0102. The Morgan fingerprint density at radius 2 is 1.55 bits per heavy atom. The van der Waals surface area contributed by atoms with Crippen LogP contribution in [0.4, 0.5) is 0 Å². The summed E-state index contributed by atoms with van der Waals surface area (Å²) in [5.74, 6) is 0.626. The summed E-state index contributed by atoms with van der Waals surface area (Å²) in [4.78, 5) is 0. The molecule has 16 unspecified atom stereocenters. The van der Waals surface area contributed by atoms with Crippen LogP contribution in [0.5, 0.6) is 0 Å². The standard InChI is InChI=1S/C35H60O9/c1-18(8-9-23(39)31(4,5)42)25-20(37)15-33(7)22-14-19(36)28-30(2,3)24(44-29-27(41)26(40)21(38)16-43-29)10-11-35(28)17-34(22,35)13-12-32(25,33)6/h18-29,36-42H,8-17H2,1-7H3. The molecule has 0 aromatic carbocycles. The Kier molecular flexibility index (Phi) is 8.06. The van der Waals surface area contributed by atoms with Crippen molar-refractivity contribution in [1.82, 2.24) is 0 Å². The number of aliphatic hydroxyl groups excluding tert-OH is 6. The number of rotatable bonds is 7. The zero-order valence-corrected chi connectivity index (χ0v) is 27.9. The Balaban J connectivity index is 1.22. The molecule has 5 aliphatic carbocycles. The molecule has 16 atom stereocenters. The van der Waals surface area contributed by atoms with Gasteiger partial charge in [-0.15, -0.1) is 0 Å². The minimum atomic E-state index is -1.34. The fourth-order valence-electron chi connectivity index (χ4n) is 12.8. The predicted molar refractivity (Wildman–Crippen MR) is 163 cm³/mol. The molecule has 6 aliphatic rings. The van der Waals surface area contributed by atoms with Crippen LogP contribution in [0.25, 0.3) is 0 Å². The molecule has 1 aliphatic heterocycles. The Hall–Kier alpha value is -0.360. The van der Waals surface area contributed by atoms with Gasteiger partial charge in [0.05, 0.1) is 36.6 Å². The van der Waals surface area contributed by atoms with E-state index in [0.29, 0.717) is 18.8 Å². The summed E-state index contributed by atoms with van der Waals surface area (Å²) in [6, 6.07) is 0. The third-order valence-corrected chi connectivity index (χ3v) is 15.1. The van der Waals surface area contributed by atoms with E-state index < -0.39 is 53.9 Å². The first-order valence-corrected chi connectivity index (χ1v) is 17.3. The van der Waals surface area contributed by atoms with E-state index in [1.165, 1.54) is 0 Å². The van der Waals surface area contributed by atoms with Gasteiger partial charge >= 0.3 is 0 Å². The molecule has 1 saturated heterocycles. The second kappa shape index (κ2) is 10.6. The van der Waals surface area contributed by atoms with E-state index >= 15 is 0 Å². The highest BCUT2D eigenvalue weighted by Crippen LogP contribution is 2.89. The molecule has 0 bridgehead atoms. The fourth-order valence-corrected chi connectivity index (χ4v) is 12.8. The molecule has 6 fully saturated rings. The number of ether oxygens (including phenoxy) is 2. The third kappa shape index (κ3) is 4.50. The highest BCUT2D eigenvalue weighted by atomic mass is 16.7. The molecule has 2 spiro atoms. The first kappa shape index (κ1) is 33.5. The van der Waals surface area contributed by atoms with Gasteiger partial charge in [0.1, 0.15) is 18.3 Å². The lowest BCUT2D eigenvalue weighted by Crippen LogP contribution is -2.62. The van der Waals surface area contributed by atoms with Gasteiger partial charge in [0.2, 0.25) is 0 Å². The summed E-state index contributed by atoms with van der Waals surface area (Å²) in [5, 5.41) is 75.3. The van der Waals surface area contributed by atoms with Crippen LogP contribution in [-0.4, -0.2) is 97.0 Å². The lowest BCUT2D eigenvalue weighted by molar-refractivity contribution is -0.306. The van der Waals surface area contributed by atoms with Crippen molar-refractivity contribution in [3.05, 3.63) is 0 Å². The SMILES string of the molecule is CC(CCC(O)C(C)(C)O)C1C(O)CC2(C)C3CC(O)C4C(C)(C)C(OC5OCC(O)C(O)C5O)CCC45CC35CCC12C. The van der Waals surface area contributed by atoms with E-state index in [-0.39, 0.29) is 52.1 Å². The molecule has 9 heteroatoms. The van der Waals surface area contributed by atoms with Crippen molar-refractivity contribution in [1.29, 1.82) is 0 Å². The Bertz CT molecular complexity index is 1090. The molecule has 9 nitrogen and oxygen atoms in total. The summed E-state index contributed by atoms with van der Waals surface area (Å²) in [5.41, 5.74) is -1.62. The van der Waals surface area contributed by atoms with E-state index in [4.69, 9.17) is 9.47 Å². The van der Waals surface area contributed by atoms with Gasteiger partial charge in [0, 0.05) is 0 Å². The molecule has 0 aromatic heterocycles. The molecule has 0 amide bonds. The van der Waals surface area contributed by atoms with Gasteiger partial charge in [-0.2, -0.15) is 0 Å². The predicted octanol–water partition coefficient (Wildman–Crippen LogP) is 2.74. The van der Waals surface area contributed by atoms with Crippen molar-refractivity contribution in [3.8, 4) is 0 Å². The van der Waals surface area contributed by atoms with Crippen molar-refractivity contribution >= 4 is 0 Å². The Morgan fingerprint density at radius 3 is 2.20 bits per heavy atom. The van der Waals surface area contributed by atoms with Crippen LogP contribution in [0.1, 0.15) is 106 Å². The van der Waals surface area contributed by atoms with Crippen LogP contribution in [0.2, 0.25) is 0 Å². The monoisotopic (exact) mass is 624 g/mol. The fraction of sp³-hybridized carbons (Fsp3) is 1.00. The lowest BCUT2D eigenvalue weighted by atomic mass is 9.41. The highest BCUT2D eigenvalue weighted by Gasteiger charge is 2.84.